The lowest BCUT2D eigenvalue weighted by molar-refractivity contribution is 0.262. The van der Waals surface area contributed by atoms with E-state index in [0.29, 0.717) is 16.5 Å². The van der Waals surface area contributed by atoms with Crippen molar-refractivity contribution in [3.05, 3.63) is 83.4 Å². The summed E-state index contributed by atoms with van der Waals surface area (Å²) in [4.78, 5) is 21.7. The lowest BCUT2D eigenvalue weighted by atomic mass is 9.86. The predicted molar refractivity (Wildman–Crippen MR) is 169 cm³/mol. The number of carbonyl (C=O) groups is 1. The second-order valence-electron chi connectivity index (χ2n) is 10.7. The van der Waals surface area contributed by atoms with Gasteiger partial charge in [-0.2, -0.15) is 0 Å². The number of amides is 2. The van der Waals surface area contributed by atoms with Crippen molar-refractivity contribution in [3.63, 3.8) is 0 Å². The lowest BCUT2D eigenvalue weighted by Gasteiger charge is -2.22. The van der Waals surface area contributed by atoms with Gasteiger partial charge in [0, 0.05) is 47.0 Å². The molecule has 0 saturated carbocycles. The first-order chi connectivity index (χ1) is 19.2. The van der Waals surface area contributed by atoms with Gasteiger partial charge in [0.15, 0.2) is 5.11 Å². The fourth-order valence-electron chi connectivity index (χ4n) is 4.40. The minimum absolute atomic E-state index is 0.140. The van der Waals surface area contributed by atoms with Gasteiger partial charge in [0.2, 0.25) is 0 Å². The Morgan fingerprint density at radius 1 is 0.700 bits per heavy atom. The van der Waals surface area contributed by atoms with E-state index in [1.165, 1.54) is 0 Å². The van der Waals surface area contributed by atoms with Crippen LogP contribution in [-0.4, -0.2) is 49.0 Å². The molecule has 2 aliphatic rings. The van der Waals surface area contributed by atoms with Crippen LogP contribution in [0.25, 0.3) is 0 Å². The standard InChI is InChI=1S/C30H34N8OS/c1-30(2,3)21-16-24(36-28(39)35-22-8-4-19(5-9-22)26-31-12-13-32-26)18-25(17-21)38-29(40)37-23-10-6-20(7-11-23)27-33-14-15-34-27/h4-11,16-18H,12-15H2,1-3H3,(H,31,32)(H,33,34)(H2,35,36,39)(H2,37,38,40). The first-order valence-electron chi connectivity index (χ1n) is 13.3. The largest absolute Gasteiger partial charge is 0.368 e. The van der Waals surface area contributed by atoms with Crippen LogP contribution in [-0.2, 0) is 5.41 Å². The lowest BCUT2D eigenvalue weighted by Crippen LogP contribution is -2.22. The number of carbonyl (C=O) groups excluding carboxylic acids is 1. The SMILES string of the molecule is CC(C)(C)c1cc(NC(=O)Nc2ccc(C3=NCCN3)cc2)cc(NC(=S)Nc2ccc(C3=NCCN3)cc2)c1. The minimum Gasteiger partial charge on any atom is -0.368 e. The molecule has 10 heteroatoms. The molecule has 5 rings (SSSR count). The molecule has 0 atom stereocenters. The average Bonchev–Trinajstić information content (AvgIpc) is 3.64. The Bertz CT molecular complexity index is 1350. The quantitative estimate of drug-likeness (QED) is 0.235. The third kappa shape index (κ3) is 6.95. The van der Waals surface area contributed by atoms with Gasteiger partial charge >= 0.3 is 6.03 Å². The first-order valence-corrected chi connectivity index (χ1v) is 13.7. The van der Waals surface area contributed by atoms with Crippen molar-refractivity contribution in [2.75, 3.05) is 47.4 Å². The zero-order valence-electron chi connectivity index (χ0n) is 22.9. The number of thiocarbonyl (C=S) groups is 1. The molecule has 2 amide bonds. The Morgan fingerprint density at radius 3 is 1.62 bits per heavy atom. The van der Waals surface area contributed by atoms with Crippen molar-refractivity contribution >= 4 is 57.8 Å². The van der Waals surface area contributed by atoms with E-state index in [0.717, 1.165) is 65.9 Å². The maximum Gasteiger partial charge on any atom is 0.323 e. The summed E-state index contributed by atoms with van der Waals surface area (Å²) in [5, 5.41) is 19.3. The minimum atomic E-state index is -0.330. The predicted octanol–water partition coefficient (Wildman–Crippen LogP) is 5.14. The Hall–Kier alpha value is -4.44. The molecule has 3 aromatic rings. The highest BCUT2D eigenvalue weighted by Crippen LogP contribution is 2.29. The van der Waals surface area contributed by atoms with E-state index in [1.54, 1.807) is 0 Å². The molecule has 0 spiro atoms. The second kappa shape index (κ2) is 11.7. The summed E-state index contributed by atoms with van der Waals surface area (Å²) < 4.78 is 0. The van der Waals surface area contributed by atoms with Gasteiger partial charge in [-0.15, -0.1) is 0 Å². The van der Waals surface area contributed by atoms with Gasteiger partial charge in [-0.3, -0.25) is 9.98 Å². The molecule has 40 heavy (non-hydrogen) atoms. The number of nitrogens with zero attached hydrogens (tertiary/aromatic N) is 2. The summed E-state index contributed by atoms with van der Waals surface area (Å²) in [6.45, 7) is 9.69. The number of nitrogens with one attached hydrogen (secondary N) is 6. The monoisotopic (exact) mass is 554 g/mol. The van der Waals surface area contributed by atoms with Crippen molar-refractivity contribution in [2.45, 2.75) is 26.2 Å². The molecule has 2 aliphatic heterocycles. The molecular formula is C30H34N8OS. The number of anilines is 4. The van der Waals surface area contributed by atoms with E-state index in [4.69, 9.17) is 12.2 Å². The molecule has 0 aromatic heterocycles. The van der Waals surface area contributed by atoms with Crippen LogP contribution in [0.5, 0.6) is 0 Å². The highest BCUT2D eigenvalue weighted by molar-refractivity contribution is 7.80. The normalized spacial score (nSPS) is 14.4. The third-order valence-electron chi connectivity index (χ3n) is 6.50. The first kappa shape index (κ1) is 27.1. The van der Waals surface area contributed by atoms with Crippen LogP contribution in [0.4, 0.5) is 27.5 Å². The number of benzene rings is 3. The van der Waals surface area contributed by atoms with E-state index in [1.807, 2.05) is 66.7 Å². The van der Waals surface area contributed by atoms with Gasteiger partial charge in [0.05, 0.1) is 13.1 Å². The van der Waals surface area contributed by atoms with Gasteiger partial charge in [0.1, 0.15) is 11.7 Å². The molecule has 2 heterocycles. The zero-order chi connectivity index (χ0) is 28.1. The van der Waals surface area contributed by atoms with E-state index in [-0.39, 0.29) is 11.4 Å². The van der Waals surface area contributed by atoms with Gasteiger partial charge in [-0.05, 0) is 89.9 Å². The molecule has 6 N–H and O–H groups in total. The van der Waals surface area contributed by atoms with Crippen molar-refractivity contribution in [1.29, 1.82) is 0 Å². The van der Waals surface area contributed by atoms with E-state index >= 15 is 0 Å². The fourth-order valence-corrected chi connectivity index (χ4v) is 4.63. The Morgan fingerprint density at radius 2 is 1.15 bits per heavy atom. The van der Waals surface area contributed by atoms with Gasteiger partial charge in [0.25, 0.3) is 0 Å². The molecule has 206 valence electrons. The molecule has 0 bridgehead atoms. The van der Waals surface area contributed by atoms with Crippen molar-refractivity contribution in [2.24, 2.45) is 9.98 Å². The van der Waals surface area contributed by atoms with Crippen LogP contribution in [0.3, 0.4) is 0 Å². The Kier molecular flexibility index (Phi) is 7.97. The smallest absolute Gasteiger partial charge is 0.323 e. The molecule has 0 aliphatic carbocycles. The molecule has 3 aromatic carbocycles. The molecule has 0 unspecified atom stereocenters. The van der Waals surface area contributed by atoms with Crippen molar-refractivity contribution < 1.29 is 4.79 Å². The van der Waals surface area contributed by atoms with Crippen molar-refractivity contribution in [3.8, 4) is 0 Å². The summed E-state index contributed by atoms with van der Waals surface area (Å²) in [7, 11) is 0. The number of amidine groups is 2. The molecule has 9 nitrogen and oxygen atoms in total. The second-order valence-corrected chi connectivity index (χ2v) is 11.1. The zero-order valence-corrected chi connectivity index (χ0v) is 23.7. The molecular weight excluding hydrogens is 520 g/mol. The van der Waals surface area contributed by atoms with E-state index < -0.39 is 0 Å². The molecule has 0 radical (unpaired) electrons. The van der Waals surface area contributed by atoms with E-state index in [9.17, 15) is 4.79 Å². The number of aliphatic imine (C=N–C) groups is 2. The van der Waals surface area contributed by atoms with Crippen LogP contribution in [0.15, 0.2) is 76.7 Å². The van der Waals surface area contributed by atoms with Crippen LogP contribution >= 0.6 is 12.2 Å². The maximum atomic E-state index is 12.9. The highest BCUT2D eigenvalue weighted by atomic mass is 32.1. The van der Waals surface area contributed by atoms with Crippen LogP contribution < -0.4 is 31.9 Å². The Balaban J connectivity index is 1.24. The number of hydrogen-bond acceptors (Lipinski definition) is 6. The number of hydrogen-bond donors (Lipinski definition) is 6. The van der Waals surface area contributed by atoms with Gasteiger partial charge in [-0.1, -0.05) is 20.8 Å². The summed E-state index contributed by atoms with van der Waals surface area (Å²) >= 11 is 5.59. The van der Waals surface area contributed by atoms with Gasteiger partial charge < -0.3 is 31.9 Å². The maximum absolute atomic E-state index is 12.9. The highest BCUT2D eigenvalue weighted by Gasteiger charge is 2.17. The topological polar surface area (TPSA) is 114 Å². The summed E-state index contributed by atoms with van der Waals surface area (Å²) in [6, 6.07) is 21.1. The summed E-state index contributed by atoms with van der Waals surface area (Å²) in [5.74, 6) is 1.81. The molecule has 0 fully saturated rings. The number of rotatable bonds is 6. The summed E-state index contributed by atoms with van der Waals surface area (Å²) in [5.41, 5.74) is 5.95. The van der Waals surface area contributed by atoms with E-state index in [2.05, 4.69) is 62.7 Å². The van der Waals surface area contributed by atoms with Crippen LogP contribution in [0.1, 0.15) is 37.5 Å². The summed E-state index contributed by atoms with van der Waals surface area (Å²) in [6.07, 6.45) is 0. The van der Waals surface area contributed by atoms with Crippen LogP contribution in [0.2, 0.25) is 0 Å². The van der Waals surface area contributed by atoms with Gasteiger partial charge in [-0.25, -0.2) is 4.79 Å². The van der Waals surface area contributed by atoms with Crippen molar-refractivity contribution in [1.82, 2.24) is 10.6 Å². The number of urea groups is 1. The van der Waals surface area contributed by atoms with Crippen LogP contribution in [0, 0.1) is 0 Å². The third-order valence-corrected chi connectivity index (χ3v) is 6.70. The average molecular weight is 555 g/mol. The molecule has 0 saturated heterocycles. The fraction of sp³-hybridized carbons (Fsp3) is 0.267. The Labute approximate surface area is 240 Å².